The van der Waals surface area contributed by atoms with Crippen LogP contribution in [0, 0.1) is 0 Å². The Kier molecular flexibility index (Phi) is 8.02. The second-order valence-electron chi connectivity index (χ2n) is 2.65. The topological polar surface area (TPSA) is 26.3 Å². The van der Waals surface area contributed by atoms with E-state index in [4.69, 9.17) is 4.74 Å². The molecule has 0 aliphatic heterocycles. The molecule has 0 radical (unpaired) electrons. The third-order valence-electron chi connectivity index (χ3n) is 1.48. The van der Waals surface area contributed by atoms with Crippen LogP contribution in [0.25, 0.3) is 0 Å². The van der Waals surface area contributed by atoms with Crippen LogP contribution in [0.3, 0.4) is 0 Å². The van der Waals surface area contributed by atoms with Crippen LogP contribution in [-0.4, -0.2) is 19.0 Å². The lowest BCUT2D eigenvalue weighted by Crippen LogP contribution is -2.04. The third-order valence-corrected chi connectivity index (χ3v) is 1.48. The van der Waals surface area contributed by atoms with Gasteiger partial charge in [0.25, 0.3) is 0 Å². The highest BCUT2D eigenvalue weighted by molar-refractivity contribution is 5.90. The summed E-state index contributed by atoms with van der Waals surface area (Å²) in [6.07, 6.45) is 6.85. The van der Waals surface area contributed by atoms with E-state index in [1.165, 1.54) is 6.42 Å². The Morgan fingerprint density at radius 2 is 2.17 bits per heavy atom. The Balaban J connectivity index is 3.34. The molecule has 2 heteroatoms. The molecule has 0 spiro atoms. The fourth-order valence-electron chi connectivity index (χ4n) is 0.788. The van der Waals surface area contributed by atoms with Gasteiger partial charge in [-0.1, -0.05) is 25.8 Å². The van der Waals surface area contributed by atoms with E-state index in [9.17, 15) is 4.79 Å². The van der Waals surface area contributed by atoms with Crippen molar-refractivity contribution < 1.29 is 9.53 Å². The number of carbonyl (C=O) groups excluding carboxylic acids is 1. The number of rotatable bonds is 7. The quantitative estimate of drug-likeness (QED) is 0.433. The van der Waals surface area contributed by atoms with E-state index in [1.807, 2.05) is 13.0 Å². The van der Waals surface area contributed by atoms with E-state index in [2.05, 4.69) is 6.92 Å². The van der Waals surface area contributed by atoms with Gasteiger partial charge in [-0.3, -0.25) is 4.79 Å². The average Bonchev–Trinajstić information content (AvgIpc) is 2.09. The molecule has 0 aromatic heterocycles. The molecule has 0 heterocycles. The molecular weight excluding hydrogens is 152 g/mol. The second kappa shape index (κ2) is 8.47. The molecule has 2 nitrogen and oxygen atoms in total. The molecule has 0 saturated heterocycles. The zero-order valence-corrected chi connectivity index (χ0v) is 8.01. The zero-order chi connectivity index (χ0) is 9.23. The predicted octanol–water partition coefficient (Wildman–Crippen LogP) is 2.34. The van der Waals surface area contributed by atoms with Crippen molar-refractivity contribution in [3.8, 4) is 0 Å². The maximum absolute atomic E-state index is 11.0. The largest absolute Gasteiger partial charge is 0.374 e. The molecule has 0 atom stereocenters. The lowest BCUT2D eigenvalue weighted by Gasteiger charge is -1.94. The summed E-state index contributed by atoms with van der Waals surface area (Å²) in [6, 6.07) is 0. The Labute approximate surface area is 74.6 Å². The van der Waals surface area contributed by atoms with E-state index >= 15 is 0 Å². The molecule has 12 heavy (non-hydrogen) atoms. The van der Waals surface area contributed by atoms with Gasteiger partial charge in [-0.2, -0.15) is 0 Å². The fraction of sp³-hybridized carbons (Fsp3) is 0.700. The maximum atomic E-state index is 11.0. The summed E-state index contributed by atoms with van der Waals surface area (Å²) in [5.41, 5.74) is 0. The smallest absolute Gasteiger partial charge is 0.180 e. The number of ether oxygens (including phenoxy) is 1. The van der Waals surface area contributed by atoms with Gasteiger partial charge in [0.2, 0.25) is 0 Å². The minimum Gasteiger partial charge on any atom is -0.374 e. The molecule has 70 valence electrons. The van der Waals surface area contributed by atoms with E-state index in [-0.39, 0.29) is 12.4 Å². The maximum Gasteiger partial charge on any atom is 0.180 e. The molecule has 0 unspecified atom stereocenters. The van der Waals surface area contributed by atoms with E-state index in [0.717, 1.165) is 12.8 Å². The van der Waals surface area contributed by atoms with Crippen LogP contribution in [0.2, 0.25) is 0 Å². The van der Waals surface area contributed by atoms with Crippen LogP contribution in [0.4, 0.5) is 0 Å². The van der Waals surface area contributed by atoms with Crippen LogP contribution < -0.4 is 0 Å². The van der Waals surface area contributed by atoms with Crippen molar-refractivity contribution in [3.05, 3.63) is 12.2 Å². The number of hydrogen-bond donors (Lipinski definition) is 0. The zero-order valence-electron chi connectivity index (χ0n) is 8.01. The normalized spacial score (nSPS) is 10.8. The molecule has 0 aliphatic rings. The van der Waals surface area contributed by atoms with Crippen LogP contribution in [0.1, 0.15) is 33.1 Å². The summed E-state index contributed by atoms with van der Waals surface area (Å²) >= 11 is 0. The number of allylic oxidation sites excluding steroid dienone is 1. The van der Waals surface area contributed by atoms with Crippen molar-refractivity contribution in [1.82, 2.24) is 0 Å². The molecular formula is C10H18O2. The van der Waals surface area contributed by atoms with Gasteiger partial charge >= 0.3 is 0 Å². The monoisotopic (exact) mass is 170 g/mol. The lowest BCUT2D eigenvalue weighted by molar-refractivity contribution is -0.118. The first-order valence-electron chi connectivity index (χ1n) is 4.58. The molecule has 0 saturated carbocycles. The van der Waals surface area contributed by atoms with Crippen LogP contribution in [0.15, 0.2) is 12.2 Å². The van der Waals surface area contributed by atoms with Crippen molar-refractivity contribution in [2.75, 3.05) is 13.2 Å². The minimum absolute atomic E-state index is 0.0629. The minimum atomic E-state index is 0.0629. The Hall–Kier alpha value is -0.630. The van der Waals surface area contributed by atoms with E-state index in [0.29, 0.717) is 6.61 Å². The summed E-state index contributed by atoms with van der Waals surface area (Å²) in [5, 5.41) is 0. The van der Waals surface area contributed by atoms with Crippen molar-refractivity contribution in [3.63, 3.8) is 0 Å². The van der Waals surface area contributed by atoms with Gasteiger partial charge in [-0.15, -0.1) is 0 Å². The van der Waals surface area contributed by atoms with Crippen LogP contribution in [0.5, 0.6) is 0 Å². The molecule has 0 aromatic rings. The number of unbranched alkanes of at least 4 members (excludes halogenated alkanes) is 2. The van der Waals surface area contributed by atoms with Gasteiger partial charge in [-0.05, 0) is 19.4 Å². The number of hydrogen-bond acceptors (Lipinski definition) is 2. The van der Waals surface area contributed by atoms with Gasteiger partial charge in [0.15, 0.2) is 5.78 Å². The Morgan fingerprint density at radius 3 is 2.75 bits per heavy atom. The first kappa shape index (κ1) is 11.4. The molecule has 0 amide bonds. The van der Waals surface area contributed by atoms with E-state index < -0.39 is 0 Å². The van der Waals surface area contributed by atoms with Crippen molar-refractivity contribution in [1.29, 1.82) is 0 Å². The Bertz CT molecular complexity index is 139. The average molecular weight is 170 g/mol. The summed E-state index contributed by atoms with van der Waals surface area (Å²) in [5.74, 6) is 0.0629. The van der Waals surface area contributed by atoms with Gasteiger partial charge in [0.1, 0.15) is 6.61 Å². The van der Waals surface area contributed by atoms with Crippen molar-refractivity contribution >= 4 is 5.78 Å². The molecule has 0 N–H and O–H groups in total. The third kappa shape index (κ3) is 7.48. The summed E-state index contributed by atoms with van der Waals surface area (Å²) in [7, 11) is 0. The SMILES string of the molecule is CCCCC=CC(=O)COCC. The molecule has 0 fully saturated rings. The molecule has 0 aromatic carbocycles. The standard InChI is InChI=1S/C10H18O2/c1-3-5-6-7-8-10(11)9-12-4-2/h7-8H,3-6,9H2,1-2H3. The van der Waals surface area contributed by atoms with Gasteiger partial charge < -0.3 is 4.74 Å². The van der Waals surface area contributed by atoms with Crippen LogP contribution >= 0.6 is 0 Å². The number of ketones is 1. The molecule has 0 aliphatic carbocycles. The first-order valence-corrected chi connectivity index (χ1v) is 4.58. The first-order chi connectivity index (χ1) is 5.81. The fourth-order valence-corrected chi connectivity index (χ4v) is 0.788. The number of carbonyl (C=O) groups is 1. The van der Waals surface area contributed by atoms with Gasteiger partial charge in [-0.25, -0.2) is 0 Å². The van der Waals surface area contributed by atoms with E-state index in [1.54, 1.807) is 6.08 Å². The highest BCUT2D eigenvalue weighted by atomic mass is 16.5. The Morgan fingerprint density at radius 1 is 1.42 bits per heavy atom. The van der Waals surface area contributed by atoms with Crippen molar-refractivity contribution in [2.45, 2.75) is 33.1 Å². The van der Waals surface area contributed by atoms with Gasteiger partial charge in [0, 0.05) is 6.61 Å². The van der Waals surface area contributed by atoms with Crippen molar-refractivity contribution in [2.24, 2.45) is 0 Å². The predicted molar refractivity (Wildman–Crippen MR) is 50.2 cm³/mol. The highest BCUT2D eigenvalue weighted by Crippen LogP contribution is 1.94. The molecule has 0 bridgehead atoms. The summed E-state index contributed by atoms with van der Waals surface area (Å²) in [4.78, 5) is 11.0. The lowest BCUT2D eigenvalue weighted by atomic mass is 10.2. The van der Waals surface area contributed by atoms with Crippen LogP contribution in [-0.2, 0) is 9.53 Å². The molecule has 0 rings (SSSR count). The van der Waals surface area contributed by atoms with Gasteiger partial charge in [0.05, 0.1) is 0 Å². The summed E-state index contributed by atoms with van der Waals surface area (Å²) < 4.78 is 4.95. The summed E-state index contributed by atoms with van der Waals surface area (Å²) in [6.45, 7) is 4.84. The highest BCUT2D eigenvalue weighted by Gasteiger charge is 1.93. The second-order valence-corrected chi connectivity index (χ2v) is 2.65.